The van der Waals surface area contributed by atoms with Gasteiger partial charge >= 0.3 is 236 Å². The normalized spacial score (nSPS) is 11.5. The van der Waals surface area contributed by atoms with Gasteiger partial charge in [-0.3, -0.25) is 0 Å². The molecule has 0 aliphatic heterocycles. The summed E-state index contributed by atoms with van der Waals surface area (Å²) in [6.45, 7) is 0. The predicted octanol–water partition coefficient (Wildman–Crippen LogP) is 4.84. The molecule has 7 heteroatoms. The molecule has 4 N–H and O–H groups in total. The van der Waals surface area contributed by atoms with Gasteiger partial charge in [-0.1, -0.05) is 0 Å². The summed E-state index contributed by atoms with van der Waals surface area (Å²) in [6, 6.07) is 27.1. The molecule has 0 aliphatic carbocycles. The van der Waals surface area contributed by atoms with Crippen molar-refractivity contribution in [2.45, 2.75) is 39.5 Å². The van der Waals surface area contributed by atoms with Gasteiger partial charge < -0.3 is 0 Å². The summed E-state index contributed by atoms with van der Waals surface area (Å²) in [7, 11) is 4.24. The molecule has 0 saturated carbocycles. The molecule has 0 heterocycles. The van der Waals surface area contributed by atoms with Crippen molar-refractivity contribution < 1.29 is 5.11 Å². The summed E-state index contributed by atoms with van der Waals surface area (Å²) in [6.07, 6.45) is 0. The Bertz CT molecular complexity index is 1030. The zero-order valence-corrected chi connectivity index (χ0v) is 32.7. The van der Waals surface area contributed by atoms with Crippen molar-refractivity contribution in [3.63, 3.8) is 0 Å². The Balaban J connectivity index is 0.000000271. The van der Waals surface area contributed by atoms with Gasteiger partial charge in [-0.15, -0.1) is 0 Å². The van der Waals surface area contributed by atoms with E-state index in [0.717, 1.165) is 4.56 Å². The van der Waals surface area contributed by atoms with E-state index < -0.39 is 55.1 Å². The fraction of sp³-hybridized carbons (Fsp3) is 0.379. The van der Waals surface area contributed by atoms with Crippen molar-refractivity contribution in [1.82, 2.24) is 5.43 Å². The molecule has 0 fully saturated rings. The molecule has 0 saturated heterocycles. The molecule has 0 bridgehead atoms. The first kappa shape index (κ1) is 33.6. The summed E-state index contributed by atoms with van der Waals surface area (Å²) in [5, 5.41) is 9.05. The first-order chi connectivity index (χ1) is 16.6. The van der Waals surface area contributed by atoms with E-state index in [1.54, 1.807) is 15.7 Å². The standard InChI is InChI=1S/C8H10N.C6H5O.C6H5.CH5N2.8CH3.3Sn/c1-9(2)8-6-4-3-5-7-8;7-6-4-2-1-3-5-6;1-2-4-6-5-3-1;1-3-2;;;;;;;;;;;/h3-6H,1-2H3;2-5,7H;1-5H;3H,1-2H2;8*1H3;;;. The predicted molar refractivity (Wildman–Crippen MR) is 171 cm³/mol. The van der Waals surface area contributed by atoms with E-state index in [1.165, 1.54) is 12.8 Å². The van der Waals surface area contributed by atoms with E-state index in [1.807, 2.05) is 12.1 Å². The van der Waals surface area contributed by atoms with Crippen LogP contribution in [0.2, 0.25) is 39.5 Å². The first-order valence-corrected chi connectivity index (χ1v) is 41.8. The second-order valence-corrected chi connectivity index (χ2v) is 54.4. The van der Waals surface area contributed by atoms with Crippen LogP contribution in [0.25, 0.3) is 0 Å². The third kappa shape index (κ3) is 12.0. The van der Waals surface area contributed by atoms with Crippen LogP contribution in [0.1, 0.15) is 0 Å². The molecule has 3 aromatic carbocycles. The third-order valence-corrected chi connectivity index (χ3v) is 26.3. The maximum absolute atomic E-state index is 9.05. The fourth-order valence-electron chi connectivity index (χ4n) is 3.71. The molecule has 0 aromatic heterocycles. The molecule has 0 unspecified atom stereocenters. The quantitative estimate of drug-likeness (QED) is 0.190. The Labute approximate surface area is 233 Å². The Kier molecular flexibility index (Phi) is 14.2. The van der Waals surface area contributed by atoms with Crippen LogP contribution in [0, 0.1) is 0 Å². The Morgan fingerprint density at radius 2 is 1.17 bits per heavy atom. The fourth-order valence-corrected chi connectivity index (χ4v) is 17.0. The number of hydrogen-bond donors (Lipinski definition) is 3. The topological polar surface area (TPSA) is 61.5 Å². The number of anilines is 1. The zero-order valence-electron chi connectivity index (χ0n) is 24.2. The molecule has 3 rings (SSSR count). The van der Waals surface area contributed by atoms with Gasteiger partial charge in [-0.25, -0.2) is 0 Å². The molecular weight excluding hydrogens is 762 g/mol. The molecule has 0 spiro atoms. The second-order valence-electron chi connectivity index (χ2n) is 12.1. The van der Waals surface area contributed by atoms with Crippen molar-refractivity contribution in [3.8, 4) is 5.75 Å². The summed E-state index contributed by atoms with van der Waals surface area (Å²) in [5.74, 6) is 5.72. The van der Waals surface area contributed by atoms with Crippen molar-refractivity contribution in [2.24, 2.45) is 5.84 Å². The molecule has 0 radical (unpaired) electrons. The molecule has 198 valence electrons. The van der Waals surface area contributed by atoms with Crippen LogP contribution >= 0.6 is 0 Å². The van der Waals surface area contributed by atoms with Crippen LogP contribution in [-0.4, -0.2) is 78.9 Å². The number of nitrogens with one attached hydrogen (secondary N) is 1. The van der Waals surface area contributed by atoms with Gasteiger partial charge in [0.05, 0.1) is 0 Å². The summed E-state index contributed by atoms with van der Waals surface area (Å²) in [4.78, 5) is 21.4. The second kappa shape index (κ2) is 15.2. The average molecular weight is 812 g/mol. The molecule has 0 aliphatic rings. The van der Waals surface area contributed by atoms with Gasteiger partial charge in [0.2, 0.25) is 0 Å². The van der Waals surface area contributed by atoms with E-state index in [-0.39, 0.29) is 0 Å². The zero-order chi connectivity index (χ0) is 27.6. The molecule has 0 atom stereocenters. The number of phenolic OH excluding ortho intramolecular Hbond substituents is 1. The Morgan fingerprint density at radius 3 is 1.58 bits per heavy atom. The minimum absolute atomic E-state index is 0.365. The molecule has 36 heavy (non-hydrogen) atoms. The van der Waals surface area contributed by atoms with Crippen LogP contribution in [-0.2, 0) is 0 Å². The number of para-hydroxylation sites is 1. The molecule has 0 amide bonds. The first-order valence-electron chi connectivity index (χ1n) is 12.6. The summed E-state index contributed by atoms with van der Waals surface area (Å²) in [5.41, 5.74) is 4.21. The Hall–Kier alpha value is -0.424. The van der Waals surface area contributed by atoms with Crippen molar-refractivity contribution in [3.05, 3.63) is 78.9 Å². The van der Waals surface area contributed by atoms with Gasteiger partial charge in [-0.05, 0) is 0 Å². The van der Waals surface area contributed by atoms with Crippen molar-refractivity contribution in [1.29, 1.82) is 0 Å². The number of nitrogens with zero attached hydrogens (tertiary/aromatic N) is 1. The van der Waals surface area contributed by atoms with Crippen LogP contribution in [0.3, 0.4) is 0 Å². The van der Waals surface area contributed by atoms with E-state index in [4.69, 9.17) is 10.9 Å². The monoisotopic (exact) mass is 815 g/mol. The average Bonchev–Trinajstić information content (AvgIpc) is 2.80. The van der Waals surface area contributed by atoms with E-state index >= 15 is 0 Å². The van der Waals surface area contributed by atoms with Gasteiger partial charge in [-0.2, -0.15) is 0 Å². The minimum atomic E-state index is -2.04. The SMILES string of the molecule is CN(C)c1cccc[c]1[Sn]([CH3])([CH3])[CH3].[CH3][Sn]([CH3])([CH2]NN)[c]1ccccc1.[CH3][Sn]([CH3])([CH3])[c]1ccc(O)cc1. The number of benzene rings is 3. The summed E-state index contributed by atoms with van der Waals surface area (Å²) < 4.78 is 5.59. The van der Waals surface area contributed by atoms with Gasteiger partial charge in [0.15, 0.2) is 0 Å². The van der Waals surface area contributed by atoms with Crippen LogP contribution in [0.5, 0.6) is 5.75 Å². The van der Waals surface area contributed by atoms with E-state index in [9.17, 15) is 0 Å². The molecular formula is C29H49N3OSn3. The molecule has 4 nitrogen and oxygen atoms in total. The van der Waals surface area contributed by atoms with E-state index in [2.05, 4.69) is 119 Å². The van der Waals surface area contributed by atoms with Crippen LogP contribution < -0.4 is 26.9 Å². The number of nitrogens with two attached hydrogens (primary N) is 1. The molecule has 3 aromatic rings. The summed E-state index contributed by atoms with van der Waals surface area (Å²) >= 11 is -5.80. The van der Waals surface area contributed by atoms with Gasteiger partial charge in [0.25, 0.3) is 0 Å². The Morgan fingerprint density at radius 1 is 0.667 bits per heavy atom. The number of hydrazine groups is 1. The van der Waals surface area contributed by atoms with E-state index in [0.29, 0.717) is 5.75 Å². The number of rotatable bonds is 6. The van der Waals surface area contributed by atoms with Crippen molar-refractivity contribution >= 4 is 71.6 Å². The number of phenols is 1. The van der Waals surface area contributed by atoms with Crippen molar-refractivity contribution in [2.75, 3.05) is 23.6 Å². The van der Waals surface area contributed by atoms with Gasteiger partial charge in [0.1, 0.15) is 0 Å². The van der Waals surface area contributed by atoms with Crippen LogP contribution in [0.4, 0.5) is 5.69 Å². The van der Waals surface area contributed by atoms with Gasteiger partial charge in [0, 0.05) is 0 Å². The number of hydrogen-bond acceptors (Lipinski definition) is 4. The third-order valence-electron chi connectivity index (χ3n) is 6.03. The maximum atomic E-state index is 9.05. The van der Waals surface area contributed by atoms with Crippen LogP contribution in [0.15, 0.2) is 78.9 Å². The number of aromatic hydroxyl groups is 1.